The molecule has 41 heavy (non-hydrogen) atoms. The Bertz CT molecular complexity index is 942. The molecule has 2 aliphatic carbocycles. The average Bonchev–Trinajstić information content (AvgIpc) is 2.82. The van der Waals surface area contributed by atoms with Gasteiger partial charge in [-0.3, -0.25) is 0 Å². The topological polar surface area (TPSA) is 46.2 Å². The summed E-state index contributed by atoms with van der Waals surface area (Å²) in [6.07, 6.45) is 8.60. The third-order valence-electron chi connectivity index (χ3n) is 11.7. The van der Waals surface area contributed by atoms with Gasteiger partial charge in [-0.2, -0.15) is 0 Å². The number of ether oxygens (including phenoxy) is 3. The molecule has 4 unspecified atom stereocenters. The second-order valence-corrected chi connectivity index (χ2v) is 26.6. The molecule has 238 valence electrons. The van der Waals surface area contributed by atoms with Gasteiger partial charge in [-0.25, -0.2) is 0 Å². The number of rotatable bonds is 10. The average molecular weight is 609 g/mol. The van der Waals surface area contributed by atoms with Crippen LogP contribution in [-0.4, -0.2) is 49.9 Å². The Morgan fingerprint density at radius 3 is 2.20 bits per heavy atom. The normalized spacial score (nSPS) is 31.0. The summed E-state index contributed by atoms with van der Waals surface area (Å²) in [6, 6.07) is 0. The standard InChI is InChI=1S/C34H64O5Si2/c1-15-17-25-20-26-29(27(21-25)37-24-35-10)34(23-36-30(26)39-41(13,14)32(5,6)7)19-16-18-33(8,9)28(34)22-38-40(11,12)31(2,3)4/h15,25,27-29H,1,16-24H2,2-14H3/t25-,27?,28?,29?,34?/m1/s1. The molecule has 0 aromatic heterocycles. The first-order valence-corrected chi connectivity index (χ1v) is 21.9. The summed E-state index contributed by atoms with van der Waals surface area (Å²) in [4.78, 5) is 0. The lowest BCUT2D eigenvalue weighted by atomic mass is 9.48. The summed E-state index contributed by atoms with van der Waals surface area (Å²) >= 11 is 0. The maximum absolute atomic E-state index is 7.07. The van der Waals surface area contributed by atoms with Crippen LogP contribution in [0.1, 0.15) is 93.9 Å². The van der Waals surface area contributed by atoms with Gasteiger partial charge in [0.1, 0.15) is 6.79 Å². The van der Waals surface area contributed by atoms with Crippen LogP contribution < -0.4 is 0 Å². The highest BCUT2D eigenvalue weighted by atomic mass is 28.4. The molecule has 1 heterocycles. The van der Waals surface area contributed by atoms with Crippen LogP contribution in [0, 0.1) is 28.6 Å². The van der Waals surface area contributed by atoms with Crippen molar-refractivity contribution in [3.63, 3.8) is 0 Å². The lowest BCUT2D eigenvalue weighted by Gasteiger charge is -2.60. The van der Waals surface area contributed by atoms with Crippen LogP contribution in [-0.2, 0) is 23.1 Å². The zero-order valence-electron chi connectivity index (χ0n) is 29.0. The van der Waals surface area contributed by atoms with Crippen LogP contribution in [0.3, 0.4) is 0 Å². The molecule has 0 N–H and O–H groups in total. The summed E-state index contributed by atoms with van der Waals surface area (Å²) in [7, 11) is -2.32. The molecule has 2 fully saturated rings. The zero-order valence-corrected chi connectivity index (χ0v) is 31.0. The van der Waals surface area contributed by atoms with Gasteiger partial charge in [-0.1, -0.05) is 67.9 Å². The molecule has 1 aliphatic heterocycles. The molecule has 7 heteroatoms. The van der Waals surface area contributed by atoms with Crippen molar-refractivity contribution in [2.45, 2.75) is 136 Å². The van der Waals surface area contributed by atoms with E-state index in [-0.39, 0.29) is 32.9 Å². The monoisotopic (exact) mass is 608 g/mol. The van der Waals surface area contributed by atoms with E-state index in [0.29, 0.717) is 25.2 Å². The number of methoxy groups -OCH3 is 1. The van der Waals surface area contributed by atoms with Crippen molar-refractivity contribution in [3.8, 4) is 0 Å². The van der Waals surface area contributed by atoms with Crippen molar-refractivity contribution < 1.29 is 23.1 Å². The third kappa shape index (κ3) is 7.21. The van der Waals surface area contributed by atoms with Crippen LogP contribution in [0.25, 0.3) is 0 Å². The first kappa shape index (κ1) is 34.9. The molecule has 0 aromatic rings. The Kier molecular flexibility index (Phi) is 10.6. The number of hydrogen-bond donors (Lipinski definition) is 0. The molecule has 5 atom stereocenters. The number of fused-ring (bicyclic) bond motifs is 2. The molecule has 3 rings (SSSR count). The molecule has 1 spiro atoms. The van der Waals surface area contributed by atoms with E-state index in [0.717, 1.165) is 38.2 Å². The Morgan fingerprint density at radius 1 is 1.00 bits per heavy atom. The molecular formula is C34H64O5Si2. The van der Waals surface area contributed by atoms with Gasteiger partial charge in [-0.15, -0.1) is 6.58 Å². The Labute approximate surface area is 255 Å². The van der Waals surface area contributed by atoms with Crippen molar-refractivity contribution in [3.05, 3.63) is 24.2 Å². The summed E-state index contributed by atoms with van der Waals surface area (Å²) in [5, 5.41) is 0.256. The SMILES string of the molecule is C=CC[C@@H]1CC2=C(O[Si](C)(C)C(C)(C)C)OCC3(CCCC(C)(C)C3CO[Si](C)(C)C(C)(C)C)C2C(OCOC)C1. The van der Waals surface area contributed by atoms with Crippen molar-refractivity contribution in [2.24, 2.45) is 28.6 Å². The summed E-state index contributed by atoms with van der Waals surface area (Å²) < 4.78 is 33.2. The lowest BCUT2D eigenvalue weighted by molar-refractivity contribution is -0.187. The third-order valence-corrected chi connectivity index (χ3v) is 20.6. The molecule has 0 saturated heterocycles. The van der Waals surface area contributed by atoms with Gasteiger partial charge in [0.25, 0.3) is 14.3 Å². The lowest BCUT2D eigenvalue weighted by Crippen LogP contribution is -2.60. The van der Waals surface area contributed by atoms with Crippen LogP contribution in [0.5, 0.6) is 0 Å². The molecule has 2 saturated carbocycles. The quantitative estimate of drug-likeness (QED) is 0.140. The first-order chi connectivity index (χ1) is 18.7. The fourth-order valence-electron chi connectivity index (χ4n) is 7.18. The number of allylic oxidation sites excluding steroid dienone is 1. The predicted octanol–water partition coefficient (Wildman–Crippen LogP) is 9.68. The molecular weight excluding hydrogens is 545 g/mol. The first-order valence-electron chi connectivity index (χ1n) is 16.1. The van der Waals surface area contributed by atoms with Crippen LogP contribution >= 0.6 is 0 Å². The molecule has 0 radical (unpaired) electrons. The summed E-state index contributed by atoms with van der Waals surface area (Å²) in [6.45, 7) is 34.1. The maximum atomic E-state index is 7.07. The Morgan fingerprint density at radius 2 is 1.63 bits per heavy atom. The molecule has 5 nitrogen and oxygen atoms in total. The minimum absolute atomic E-state index is 0.0508. The van der Waals surface area contributed by atoms with E-state index >= 15 is 0 Å². The van der Waals surface area contributed by atoms with Crippen LogP contribution in [0.2, 0.25) is 36.3 Å². The van der Waals surface area contributed by atoms with Gasteiger partial charge < -0.3 is 23.1 Å². The number of hydrogen-bond acceptors (Lipinski definition) is 5. The maximum Gasteiger partial charge on any atom is 0.264 e. The Balaban J connectivity index is 2.16. The highest BCUT2D eigenvalue weighted by Crippen LogP contribution is 2.63. The smallest absolute Gasteiger partial charge is 0.264 e. The van der Waals surface area contributed by atoms with Gasteiger partial charge in [-0.05, 0) is 85.6 Å². The molecule has 3 aliphatic rings. The highest BCUT2D eigenvalue weighted by Gasteiger charge is 2.61. The second-order valence-electron chi connectivity index (χ2n) is 17.1. The summed E-state index contributed by atoms with van der Waals surface area (Å²) in [5.41, 5.74) is 1.41. The zero-order chi connectivity index (χ0) is 31.1. The molecule has 0 bridgehead atoms. The van der Waals surface area contributed by atoms with E-state index in [9.17, 15) is 0 Å². The minimum atomic E-state index is -2.11. The fraction of sp³-hybridized carbons (Fsp3) is 0.882. The van der Waals surface area contributed by atoms with E-state index in [2.05, 4.69) is 94.2 Å². The van der Waals surface area contributed by atoms with Crippen molar-refractivity contribution in [1.29, 1.82) is 0 Å². The van der Waals surface area contributed by atoms with Crippen LogP contribution in [0.15, 0.2) is 24.2 Å². The van der Waals surface area contributed by atoms with Crippen molar-refractivity contribution in [2.75, 3.05) is 27.1 Å². The van der Waals surface area contributed by atoms with Crippen LogP contribution in [0.4, 0.5) is 0 Å². The van der Waals surface area contributed by atoms with Gasteiger partial charge in [0.2, 0.25) is 0 Å². The van der Waals surface area contributed by atoms with Gasteiger partial charge in [0.15, 0.2) is 8.32 Å². The van der Waals surface area contributed by atoms with Crippen molar-refractivity contribution in [1.82, 2.24) is 0 Å². The largest absolute Gasteiger partial charge is 0.519 e. The van der Waals surface area contributed by atoms with E-state index in [1.54, 1.807) is 7.11 Å². The predicted molar refractivity (Wildman–Crippen MR) is 176 cm³/mol. The fourth-order valence-corrected chi connectivity index (χ4v) is 9.16. The van der Waals surface area contributed by atoms with Gasteiger partial charge in [0, 0.05) is 30.6 Å². The molecule has 0 aromatic carbocycles. The highest BCUT2D eigenvalue weighted by molar-refractivity contribution is 6.74. The van der Waals surface area contributed by atoms with E-state index < -0.39 is 16.6 Å². The Hall–Kier alpha value is -0.606. The second kappa shape index (κ2) is 12.4. The van der Waals surface area contributed by atoms with Crippen molar-refractivity contribution >= 4 is 16.6 Å². The summed E-state index contributed by atoms with van der Waals surface area (Å²) in [5.74, 6) is 1.84. The molecule has 0 amide bonds. The van der Waals surface area contributed by atoms with E-state index in [4.69, 9.17) is 23.1 Å². The van der Waals surface area contributed by atoms with Gasteiger partial charge >= 0.3 is 0 Å². The van der Waals surface area contributed by atoms with Gasteiger partial charge in [0.05, 0.1) is 12.7 Å². The van der Waals surface area contributed by atoms with E-state index in [1.807, 2.05) is 0 Å². The minimum Gasteiger partial charge on any atom is -0.519 e. The van der Waals surface area contributed by atoms with E-state index in [1.165, 1.54) is 18.4 Å².